The van der Waals surface area contributed by atoms with Gasteiger partial charge in [-0.25, -0.2) is 0 Å². The van der Waals surface area contributed by atoms with Crippen LogP contribution >= 0.6 is 0 Å². The molecular formula is C13H19F3N2O. The lowest BCUT2D eigenvalue weighted by atomic mass is 9.78. The second kappa shape index (κ2) is 4.65. The second-order valence-corrected chi connectivity index (χ2v) is 6.06. The Morgan fingerprint density at radius 1 is 1.11 bits per heavy atom. The van der Waals surface area contributed by atoms with Crippen LogP contribution in [0.3, 0.4) is 0 Å². The molecule has 3 nitrogen and oxygen atoms in total. The Balaban J connectivity index is 1.61. The lowest BCUT2D eigenvalue weighted by molar-refractivity contribution is -0.198. The fourth-order valence-corrected chi connectivity index (χ4v) is 3.74. The number of hydrogen-bond acceptors (Lipinski definition) is 2. The Bertz CT molecular complexity index is 361. The van der Waals surface area contributed by atoms with E-state index in [2.05, 4.69) is 10.6 Å². The molecule has 2 saturated carbocycles. The number of carbonyl (C=O) groups is 1. The van der Waals surface area contributed by atoms with Gasteiger partial charge in [0.1, 0.15) is 0 Å². The predicted molar refractivity (Wildman–Crippen MR) is 63.3 cm³/mol. The first-order valence-electron chi connectivity index (χ1n) is 7.06. The molecule has 1 amide bonds. The van der Waals surface area contributed by atoms with Crippen molar-refractivity contribution in [1.29, 1.82) is 0 Å². The summed E-state index contributed by atoms with van der Waals surface area (Å²) in [6.45, 7) is 1.76. The van der Waals surface area contributed by atoms with Gasteiger partial charge in [0.2, 0.25) is 5.91 Å². The number of hydrogen-bond donors (Lipinski definition) is 2. The van der Waals surface area contributed by atoms with Crippen molar-refractivity contribution in [3.05, 3.63) is 0 Å². The molecular weight excluding hydrogens is 257 g/mol. The Hall–Kier alpha value is -0.780. The molecule has 1 heterocycles. The highest BCUT2D eigenvalue weighted by atomic mass is 19.4. The number of piperidine rings is 1. The van der Waals surface area contributed by atoms with Crippen LogP contribution in [0.4, 0.5) is 13.2 Å². The van der Waals surface area contributed by atoms with Crippen molar-refractivity contribution in [2.24, 2.45) is 23.7 Å². The molecule has 0 aromatic carbocycles. The van der Waals surface area contributed by atoms with Crippen molar-refractivity contribution in [2.75, 3.05) is 13.1 Å². The van der Waals surface area contributed by atoms with E-state index in [4.69, 9.17) is 0 Å². The molecule has 2 N–H and O–H groups in total. The highest BCUT2D eigenvalue weighted by Crippen LogP contribution is 2.44. The van der Waals surface area contributed by atoms with E-state index in [0.29, 0.717) is 24.7 Å². The first-order valence-corrected chi connectivity index (χ1v) is 7.06. The third-order valence-electron chi connectivity index (χ3n) is 4.92. The average Bonchev–Trinajstić information content (AvgIpc) is 2.81. The highest BCUT2D eigenvalue weighted by Gasteiger charge is 2.55. The van der Waals surface area contributed by atoms with Gasteiger partial charge in [0.05, 0.1) is 5.92 Å². The highest BCUT2D eigenvalue weighted by molar-refractivity contribution is 5.80. The lowest BCUT2D eigenvalue weighted by Gasteiger charge is -2.32. The summed E-state index contributed by atoms with van der Waals surface area (Å²) in [5.41, 5.74) is 0. The maximum atomic E-state index is 12.9. The van der Waals surface area contributed by atoms with E-state index in [-0.39, 0.29) is 18.4 Å². The number of halogens is 3. The van der Waals surface area contributed by atoms with E-state index in [1.807, 2.05) is 0 Å². The van der Waals surface area contributed by atoms with Gasteiger partial charge in [-0.3, -0.25) is 4.79 Å². The number of amides is 1. The van der Waals surface area contributed by atoms with Crippen LogP contribution in [0.1, 0.15) is 25.7 Å². The van der Waals surface area contributed by atoms with Gasteiger partial charge in [-0.2, -0.15) is 13.2 Å². The molecule has 3 rings (SSSR count). The maximum Gasteiger partial charge on any atom is 0.392 e. The zero-order valence-electron chi connectivity index (χ0n) is 10.7. The third-order valence-corrected chi connectivity index (χ3v) is 4.92. The maximum absolute atomic E-state index is 12.9. The Morgan fingerprint density at radius 2 is 1.74 bits per heavy atom. The predicted octanol–water partition coefficient (Wildman–Crippen LogP) is 1.69. The first-order chi connectivity index (χ1) is 8.98. The third kappa shape index (κ3) is 2.47. The number of fused-ring (bicyclic) bond motifs is 1. The molecule has 3 aliphatic rings. The molecule has 108 valence electrons. The monoisotopic (exact) mass is 276 g/mol. The number of rotatable bonds is 2. The van der Waals surface area contributed by atoms with Gasteiger partial charge in [0.25, 0.3) is 0 Å². The van der Waals surface area contributed by atoms with Crippen molar-refractivity contribution >= 4 is 5.91 Å². The summed E-state index contributed by atoms with van der Waals surface area (Å²) in [7, 11) is 0. The van der Waals surface area contributed by atoms with E-state index in [1.165, 1.54) is 0 Å². The molecule has 6 heteroatoms. The zero-order chi connectivity index (χ0) is 13.6. The molecule has 0 spiro atoms. The quantitative estimate of drug-likeness (QED) is 0.806. The SMILES string of the molecule is O=C(NC1C2CNCC21)C1CCCCC1C(F)(F)F. The lowest BCUT2D eigenvalue weighted by Crippen LogP contribution is -2.44. The topological polar surface area (TPSA) is 41.1 Å². The minimum Gasteiger partial charge on any atom is -0.352 e. The summed E-state index contributed by atoms with van der Waals surface area (Å²) >= 11 is 0. The molecule has 3 fully saturated rings. The number of alkyl halides is 3. The summed E-state index contributed by atoms with van der Waals surface area (Å²) in [6, 6.07) is 0.115. The summed E-state index contributed by atoms with van der Waals surface area (Å²) < 4.78 is 38.8. The largest absolute Gasteiger partial charge is 0.392 e. The van der Waals surface area contributed by atoms with Gasteiger partial charge in [-0.15, -0.1) is 0 Å². The normalized spacial score (nSPS) is 41.7. The summed E-state index contributed by atoms with van der Waals surface area (Å²) in [5.74, 6) is -1.81. The van der Waals surface area contributed by atoms with E-state index in [0.717, 1.165) is 19.5 Å². The van der Waals surface area contributed by atoms with Gasteiger partial charge < -0.3 is 10.6 Å². The van der Waals surface area contributed by atoms with Crippen LogP contribution in [0.15, 0.2) is 0 Å². The molecule has 2 aliphatic carbocycles. The fraction of sp³-hybridized carbons (Fsp3) is 0.923. The van der Waals surface area contributed by atoms with Crippen LogP contribution in [0.5, 0.6) is 0 Å². The van der Waals surface area contributed by atoms with Crippen molar-refractivity contribution in [1.82, 2.24) is 10.6 Å². The summed E-state index contributed by atoms with van der Waals surface area (Å²) in [4.78, 5) is 12.1. The molecule has 1 aliphatic heterocycles. The first kappa shape index (κ1) is 13.2. The van der Waals surface area contributed by atoms with Gasteiger partial charge in [0.15, 0.2) is 0 Å². The van der Waals surface area contributed by atoms with Gasteiger partial charge in [-0.05, 0) is 24.7 Å². The Kier molecular flexibility index (Phi) is 3.23. The minimum atomic E-state index is -4.25. The molecule has 19 heavy (non-hydrogen) atoms. The minimum absolute atomic E-state index is 0.0979. The van der Waals surface area contributed by atoms with Crippen molar-refractivity contribution in [3.8, 4) is 0 Å². The van der Waals surface area contributed by atoms with Crippen LogP contribution in [-0.2, 0) is 4.79 Å². The van der Waals surface area contributed by atoms with E-state index in [1.54, 1.807) is 0 Å². The molecule has 0 radical (unpaired) electrons. The molecule has 1 saturated heterocycles. The van der Waals surface area contributed by atoms with E-state index >= 15 is 0 Å². The van der Waals surface area contributed by atoms with E-state index in [9.17, 15) is 18.0 Å². The molecule has 4 unspecified atom stereocenters. The van der Waals surface area contributed by atoms with Crippen LogP contribution in [0.2, 0.25) is 0 Å². The van der Waals surface area contributed by atoms with Crippen molar-refractivity contribution < 1.29 is 18.0 Å². The van der Waals surface area contributed by atoms with Crippen molar-refractivity contribution in [3.63, 3.8) is 0 Å². The molecule has 0 aromatic heterocycles. The van der Waals surface area contributed by atoms with Crippen molar-refractivity contribution in [2.45, 2.75) is 37.9 Å². The Morgan fingerprint density at radius 3 is 2.37 bits per heavy atom. The van der Waals surface area contributed by atoms with Gasteiger partial charge in [0, 0.05) is 25.0 Å². The summed E-state index contributed by atoms with van der Waals surface area (Å²) in [5, 5.41) is 6.06. The van der Waals surface area contributed by atoms with Gasteiger partial charge >= 0.3 is 6.18 Å². The van der Waals surface area contributed by atoms with Crippen LogP contribution in [-0.4, -0.2) is 31.2 Å². The standard InChI is InChI=1S/C13H19F3N2O/c14-13(15,16)10-4-2-1-3-7(10)12(19)18-11-8-5-17-6-9(8)11/h7-11,17H,1-6H2,(H,18,19). The Labute approximate surface area is 110 Å². The number of carbonyl (C=O) groups excluding carboxylic acids is 1. The zero-order valence-corrected chi connectivity index (χ0v) is 10.7. The summed E-state index contributed by atoms with van der Waals surface area (Å²) in [6.07, 6.45) is -2.48. The average molecular weight is 276 g/mol. The van der Waals surface area contributed by atoms with Gasteiger partial charge in [-0.1, -0.05) is 12.8 Å². The van der Waals surface area contributed by atoms with Crippen LogP contribution in [0.25, 0.3) is 0 Å². The number of nitrogens with one attached hydrogen (secondary N) is 2. The second-order valence-electron chi connectivity index (χ2n) is 6.06. The molecule has 0 aromatic rings. The van der Waals surface area contributed by atoms with Crippen LogP contribution in [0, 0.1) is 23.7 Å². The van der Waals surface area contributed by atoms with Crippen LogP contribution < -0.4 is 10.6 Å². The fourth-order valence-electron chi connectivity index (χ4n) is 3.74. The van der Waals surface area contributed by atoms with E-state index < -0.39 is 18.0 Å². The molecule has 0 bridgehead atoms. The molecule has 4 atom stereocenters. The smallest absolute Gasteiger partial charge is 0.352 e.